The molecular formula is C27H33N3O6. The summed E-state index contributed by atoms with van der Waals surface area (Å²) in [6.45, 7) is 8.55. The number of phenolic OH excluding ortho intramolecular Hbond substituents is 2. The number of nitrogens with zero attached hydrogens (tertiary/aromatic N) is 1. The minimum atomic E-state index is -1.37. The number of carbonyl (C=O) groups excluding carboxylic acids is 3. The first-order chi connectivity index (χ1) is 16.8. The van der Waals surface area contributed by atoms with Crippen LogP contribution in [0.4, 0.5) is 4.79 Å². The van der Waals surface area contributed by atoms with Gasteiger partial charge in [0.05, 0.1) is 0 Å². The fourth-order valence-corrected chi connectivity index (χ4v) is 3.43. The molecule has 2 atom stereocenters. The lowest BCUT2D eigenvalue weighted by Gasteiger charge is -2.31. The molecule has 0 saturated heterocycles. The number of ether oxygens (including phenoxy) is 1. The van der Waals surface area contributed by atoms with Crippen LogP contribution in [0.1, 0.15) is 51.8 Å². The number of aromatic hydroxyl groups is 2. The standard InChI is InChI=1S/C27H33N3O6/c1-7-30(23(24(33)28-17(2)3)20-10-8-9-11-22(20)32)25(34)21(29-26(35)36-27(4,5)6)16-18-12-14-19(31)15-13-18/h1,8-15,17,21,23,31-32H,16H2,2-6H3,(H,28,33)(H,29,35). The maximum absolute atomic E-state index is 13.8. The number of nitrogens with one attached hydrogen (secondary N) is 2. The van der Waals surface area contributed by atoms with Gasteiger partial charge in [-0.05, 0) is 58.4 Å². The predicted octanol–water partition coefficient (Wildman–Crippen LogP) is 3.22. The molecule has 0 aliphatic rings. The maximum atomic E-state index is 13.8. The summed E-state index contributed by atoms with van der Waals surface area (Å²) in [5.74, 6) is -1.54. The zero-order valence-electron chi connectivity index (χ0n) is 21.1. The Kier molecular flexibility index (Phi) is 9.33. The topological polar surface area (TPSA) is 128 Å². The summed E-state index contributed by atoms with van der Waals surface area (Å²) in [5.41, 5.74) is -0.0788. The van der Waals surface area contributed by atoms with Gasteiger partial charge in [-0.2, -0.15) is 0 Å². The molecule has 0 saturated carbocycles. The molecule has 0 heterocycles. The van der Waals surface area contributed by atoms with Gasteiger partial charge in [-0.25, -0.2) is 4.79 Å². The number of terminal acetylenes is 1. The highest BCUT2D eigenvalue weighted by atomic mass is 16.6. The van der Waals surface area contributed by atoms with Crippen molar-refractivity contribution in [3.05, 3.63) is 59.7 Å². The summed E-state index contributed by atoms with van der Waals surface area (Å²) in [6, 6.07) is 11.6. The van der Waals surface area contributed by atoms with E-state index < -0.39 is 35.6 Å². The van der Waals surface area contributed by atoms with E-state index >= 15 is 0 Å². The third-order valence-electron chi connectivity index (χ3n) is 4.91. The zero-order valence-corrected chi connectivity index (χ0v) is 21.1. The van der Waals surface area contributed by atoms with E-state index in [0.29, 0.717) is 5.56 Å². The van der Waals surface area contributed by atoms with Gasteiger partial charge in [0.2, 0.25) is 5.91 Å². The van der Waals surface area contributed by atoms with Gasteiger partial charge in [0.1, 0.15) is 23.1 Å². The van der Waals surface area contributed by atoms with Crippen molar-refractivity contribution in [1.82, 2.24) is 15.5 Å². The molecule has 0 aromatic heterocycles. The van der Waals surface area contributed by atoms with Crippen LogP contribution in [0, 0.1) is 12.5 Å². The highest BCUT2D eigenvalue weighted by molar-refractivity contribution is 5.93. The van der Waals surface area contributed by atoms with E-state index in [1.165, 1.54) is 24.3 Å². The second-order valence-corrected chi connectivity index (χ2v) is 9.53. The Balaban J connectivity index is 2.50. The molecule has 4 N–H and O–H groups in total. The second-order valence-electron chi connectivity index (χ2n) is 9.53. The number of hydrogen-bond acceptors (Lipinski definition) is 6. The lowest BCUT2D eigenvalue weighted by Crippen LogP contribution is -2.52. The molecule has 2 unspecified atom stereocenters. The minimum absolute atomic E-state index is 0.00414. The molecule has 9 nitrogen and oxygen atoms in total. The molecule has 2 aromatic carbocycles. The van der Waals surface area contributed by atoms with Crippen molar-refractivity contribution in [2.24, 2.45) is 0 Å². The highest BCUT2D eigenvalue weighted by Crippen LogP contribution is 2.29. The average molecular weight is 496 g/mol. The molecule has 36 heavy (non-hydrogen) atoms. The van der Waals surface area contributed by atoms with E-state index in [2.05, 4.69) is 16.7 Å². The smallest absolute Gasteiger partial charge is 0.408 e. The number of rotatable bonds is 8. The molecule has 0 spiro atoms. The first-order valence-electron chi connectivity index (χ1n) is 11.5. The summed E-state index contributed by atoms with van der Waals surface area (Å²) < 4.78 is 5.32. The molecule has 0 radical (unpaired) electrons. The predicted molar refractivity (Wildman–Crippen MR) is 135 cm³/mol. The van der Waals surface area contributed by atoms with Crippen molar-refractivity contribution in [1.29, 1.82) is 0 Å². The van der Waals surface area contributed by atoms with Gasteiger partial charge in [-0.3, -0.25) is 14.5 Å². The summed E-state index contributed by atoms with van der Waals surface area (Å²) in [6.07, 6.45) is 4.88. The normalized spacial score (nSPS) is 12.7. The molecular weight excluding hydrogens is 462 g/mol. The summed E-state index contributed by atoms with van der Waals surface area (Å²) in [4.78, 5) is 40.4. The molecule has 2 aromatic rings. The quantitative estimate of drug-likeness (QED) is 0.329. The number of hydrogen-bond donors (Lipinski definition) is 4. The third kappa shape index (κ3) is 7.94. The lowest BCUT2D eigenvalue weighted by molar-refractivity contribution is -0.138. The van der Waals surface area contributed by atoms with Crippen LogP contribution in [0.3, 0.4) is 0 Å². The van der Waals surface area contributed by atoms with Crippen molar-refractivity contribution >= 4 is 17.9 Å². The van der Waals surface area contributed by atoms with E-state index in [-0.39, 0.29) is 29.5 Å². The largest absolute Gasteiger partial charge is 0.508 e. The Morgan fingerprint density at radius 3 is 2.17 bits per heavy atom. The van der Waals surface area contributed by atoms with Gasteiger partial charge in [0, 0.05) is 24.1 Å². The number of alkyl carbamates (subject to hydrolysis) is 1. The van der Waals surface area contributed by atoms with Crippen molar-refractivity contribution in [2.75, 3.05) is 0 Å². The molecule has 9 heteroatoms. The minimum Gasteiger partial charge on any atom is -0.508 e. The van der Waals surface area contributed by atoms with Gasteiger partial charge in [-0.15, -0.1) is 0 Å². The molecule has 0 aliphatic heterocycles. The second kappa shape index (κ2) is 12.0. The highest BCUT2D eigenvalue weighted by Gasteiger charge is 2.37. The lowest BCUT2D eigenvalue weighted by atomic mass is 10.00. The van der Waals surface area contributed by atoms with Gasteiger partial charge in [-0.1, -0.05) is 36.8 Å². The van der Waals surface area contributed by atoms with E-state index in [0.717, 1.165) is 4.90 Å². The number of carbonyl (C=O) groups is 3. The van der Waals surface area contributed by atoms with E-state index in [9.17, 15) is 24.6 Å². The van der Waals surface area contributed by atoms with Crippen molar-refractivity contribution in [2.45, 2.75) is 64.8 Å². The van der Waals surface area contributed by atoms with Gasteiger partial charge in [0.25, 0.3) is 5.91 Å². The molecule has 0 bridgehead atoms. The summed E-state index contributed by atoms with van der Waals surface area (Å²) in [7, 11) is 0. The van der Waals surface area contributed by atoms with Gasteiger partial charge >= 0.3 is 6.09 Å². The fraction of sp³-hybridized carbons (Fsp3) is 0.370. The van der Waals surface area contributed by atoms with E-state index in [1.54, 1.807) is 58.9 Å². The molecule has 0 aliphatic carbocycles. The number of para-hydroxylation sites is 1. The van der Waals surface area contributed by atoms with Crippen LogP contribution < -0.4 is 10.6 Å². The van der Waals surface area contributed by atoms with E-state index in [1.807, 2.05) is 0 Å². The molecule has 0 fully saturated rings. The Bertz CT molecular complexity index is 1120. The summed E-state index contributed by atoms with van der Waals surface area (Å²) >= 11 is 0. The maximum Gasteiger partial charge on any atom is 0.408 e. The van der Waals surface area contributed by atoms with Crippen LogP contribution in [0.2, 0.25) is 0 Å². The molecule has 192 valence electrons. The van der Waals surface area contributed by atoms with Crippen LogP contribution in [-0.2, 0) is 20.7 Å². The number of amides is 3. The van der Waals surface area contributed by atoms with Crippen LogP contribution >= 0.6 is 0 Å². The first kappa shape index (κ1) is 28.1. The first-order valence-corrected chi connectivity index (χ1v) is 11.5. The average Bonchev–Trinajstić information content (AvgIpc) is 2.77. The van der Waals surface area contributed by atoms with Crippen LogP contribution in [0.25, 0.3) is 0 Å². The SMILES string of the molecule is C#CN(C(=O)C(Cc1ccc(O)cc1)NC(=O)OC(C)(C)C)C(C(=O)NC(C)C)c1ccccc1O. The Morgan fingerprint density at radius 2 is 1.64 bits per heavy atom. The molecule has 3 amide bonds. The fourth-order valence-electron chi connectivity index (χ4n) is 3.43. The van der Waals surface area contributed by atoms with Gasteiger partial charge in [0.15, 0.2) is 6.04 Å². The number of benzene rings is 2. The van der Waals surface area contributed by atoms with Crippen molar-refractivity contribution < 1.29 is 29.3 Å². The Hall–Kier alpha value is -4.19. The van der Waals surface area contributed by atoms with Gasteiger partial charge < -0.3 is 25.6 Å². The Labute approximate surface area is 211 Å². The van der Waals surface area contributed by atoms with Crippen LogP contribution in [-0.4, -0.2) is 50.7 Å². The molecule has 2 rings (SSSR count). The van der Waals surface area contributed by atoms with Crippen molar-refractivity contribution in [3.63, 3.8) is 0 Å². The van der Waals surface area contributed by atoms with Crippen molar-refractivity contribution in [3.8, 4) is 24.0 Å². The monoisotopic (exact) mass is 495 g/mol. The third-order valence-corrected chi connectivity index (χ3v) is 4.91. The van der Waals surface area contributed by atoms with Crippen LogP contribution in [0.5, 0.6) is 11.5 Å². The number of phenols is 2. The zero-order chi connectivity index (χ0) is 27.0. The van der Waals surface area contributed by atoms with E-state index in [4.69, 9.17) is 11.2 Å². The Morgan fingerprint density at radius 1 is 1.03 bits per heavy atom. The summed E-state index contributed by atoms with van der Waals surface area (Å²) in [5, 5.41) is 25.3. The van der Waals surface area contributed by atoms with Crippen LogP contribution in [0.15, 0.2) is 48.5 Å².